The van der Waals surface area contributed by atoms with Gasteiger partial charge < -0.3 is 14.5 Å². The van der Waals surface area contributed by atoms with Crippen LogP contribution in [0.5, 0.6) is 0 Å². The molecule has 1 aliphatic heterocycles. The molecule has 0 saturated carbocycles. The second-order valence-corrected chi connectivity index (χ2v) is 5.43. The molecule has 0 spiro atoms. The molecular weight excluding hydrogens is 280 g/mol. The number of benzene rings is 1. The van der Waals surface area contributed by atoms with Crippen molar-refractivity contribution in [1.82, 2.24) is 4.90 Å². The summed E-state index contributed by atoms with van der Waals surface area (Å²) < 4.78 is 10.5. The van der Waals surface area contributed by atoms with Gasteiger partial charge in [-0.1, -0.05) is 12.1 Å². The van der Waals surface area contributed by atoms with E-state index in [-0.39, 0.29) is 5.91 Å². The van der Waals surface area contributed by atoms with Crippen LogP contribution in [0.3, 0.4) is 0 Å². The van der Waals surface area contributed by atoms with E-state index in [1.54, 1.807) is 13.0 Å². The number of hydrogen-bond donors (Lipinski definition) is 1. The lowest BCUT2D eigenvalue weighted by Crippen LogP contribution is -2.35. The number of amides is 1. The van der Waals surface area contributed by atoms with Crippen LogP contribution in [0.4, 0.5) is 5.69 Å². The number of hydrogen-bond acceptors (Lipinski definition) is 4. The van der Waals surface area contributed by atoms with Gasteiger partial charge >= 0.3 is 0 Å². The highest BCUT2D eigenvalue weighted by atomic mass is 16.5. The second kappa shape index (κ2) is 6.77. The minimum Gasteiger partial charge on any atom is -0.469 e. The van der Waals surface area contributed by atoms with Crippen LogP contribution >= 0.6 is 0 Å². The largest absolute Gasteiger partial charge is 0.469 e. The van der Waals surface area contributed by atoms with Crippen molar-refractivity contribution in [3.8, 4) is 0 Å². The zero-order chi connectivity index (χ0) is 15.4. The number of anilines is 1. The number of carbonyl (C=O) groups excluding carboxylic acids is 1. The van der Waals surface area contributed by atoms with Crippen LogP contribution in [0.2, 0.25) is 0 Å². The molecule has 0 aliphatic carbocycles. The third-order valence-corrected chi connectivity index (χ3v) is 3.83. The van der Waals surface area contributed by atoms with Gasteiger partial charge in [0.1, 0.15) is 5.76 Å². The van der Waals surface area contributed by atoms with Crippen LogP contribution in [-0.4, -0.2) is 37.1 Å². The van der Waals surface area contributed by atoms with Gasteiger partial charge in [0.05, 0.1) is 25.0 Å². The smallest absolute Gasteiger partial charge is 0.259 e. The summed E-state index contributed by atoms with van der Waals surface area (Å²) in [6.45, 7) is 6.24. The Balaban J connectivity index is 1.59. The molecule has 0 unspecified atom stereocenters. The SMILES string of the molecule is Cc1occc1C(=O)Nc1ccc(CN2CCOCC2)cc1. The van der Waals surface area contributed by atoms with Crippen LogP contribution < -0.4 is 5.32 Å². The summed E-state index contributed by atoms with van der Waals surface area (Å²) in [4.78, 5) is 14.5. The van der Waals surface area contributed by atoms with Gasteiger partial charge in [-0.05, 0) is 30.7 Å². The summed E-state index contributed by atoms with van der Waals surface area (Å²) in [6.07, 6.45) is 1.52. The lowest BCUT2D eigenvalue weighted by molar-refractivity contribution is 0.0342. The van der Waals surface area contributed by atoms with Crippen molar-refractivity contribution in [1.29, 1.82) is 0 Å². The molecule has 1 aliphatic rings. The molecular formula is C17H20N2O3. The maximum atomic E-state index is 12.1. The normalized spacial score (nSPS) is 15.7. The van der Waals surface area contributed by atoms with Crippen molar-refractivity contribution in [2.45, 2.75) is 13.5 Å². The van der Waals surface area contributed by atoms with E-state index in [1.807, 2.05) is 24.3 Å². The number of ether oxygens (including phenoxy) is 1. The third-order valence-electron chi connectivity index (χ3n) is 3.83. The van der Waals surface area contributed by atoms with Crippen molar-refractivity contribution in [3.63, 3.8) is 0 Å². The Kier molecular flexibility index (Phi) is 4.56. The Labute approximate surface area is 129 Å². The molecule has 1 aromatic heterocycles. The summed E-state index contributed by atoms with van der Waals surface area (Å²) in [5.74, 6) is 0.480. The molecule has 1 amide bonds. The zero-order valence-electron chi connectivity index (χ0n) is 12.7. The molecule has 2 aromatic rings. The first-order chi connectivity index (χ1) is 10.7. The Morgan fingerprint density at radius 2 is 1.91 bits per heavy atom. The van der Waals surface area contributed by atoms with E-state index in [4.69, 9.17) is 9.15 Å². The van der Waals surface area contributed by atoms with Gasteiger partial charge in [-0.15, -0.1) is 0 Å². The number of nitrogens with zero attached hydrogens (tertiary/aromatic N) is 1. The predicted molar refractivity (Wildman–Crippen MR) is 83.9 cm³/mol. The third kappa shape index (κ3) is 3.55. The minimum absolute atomic E-state index is 0.146. The van der Waals surface area contributed by atoms with Gasteiger partial charge in [0.2, 0.25) is 0 Å². The van der Waals surface area contributed by atoms with Crippen molar-refractivity contribution >= 4 is 11.6 Å². The maximum Gasteiger partial charge on any atom is 0.259 e. The number of nitrogens with one attached hydrogen (secondary N) is 1. The van der Waals surface area contributed by atoms with Crippen molar-refractivity contribution in [2.75, 3.05) is 31.6 Å². The number of morpholine rings is 1. The highest BCUT2D eigenvalue weighted by molar-refractivity contribution is 6.04. The standard InChI is InChI=1S/C17H20N2O3/c1-13-16(6-9-22-13)17(20)18-15-4-2-14(3-5-15)12-19-7-10-21-11-8-19/h2-6,9H,7-8,10-12H2,1H3,(H,18,20). The Hall–Kier alpha value is -2.11. The van der Waals surface area contributed by atoms with E-state index in [9.17, 15) is 4.79 Å². The first kappa shape index (κ1) is 14.8. The van der Waals surface area contributed by atoms with Gasteiger partial charge in [-0.2, -0.15) is 0 Å². The fourth-order valence-electron chi connectivity index (χ4n) is 2.53. The van der Waals surface area contributed by atoms with Crippen LogP contribution in [0.25, 0.3) is 0 Å². The molecule has 1 fully saturated rings. The topological polar surface area (TPSA) is 54.7 Å². The van der Waals surface area contributed by atoms with Crippen molar-refractivity contribution in [3.05, 3.63) is 53.5 Å². The highest BCUT2D eigenvalue weighted by Crippen LogP contribution is 2.15. The summed E-state index contributed by atoms with van der Waals surface area (Å²) in [5, 5.41) is 2.88. The Morgan fingerprint density at radius 1 is 1.18 bits per heavy atom. The minimum atomic E-state index is -0.146. The highest BCUT2D eigenvalue weighted by Gasteiger charge is 2.12. The quantitative estimate of drug-likeness (QED) is 0.943. The summed E-state index contributed by atoms with van der Waals surface area (Å²) in [7, 11) is 0. The van der Waals surface area contributed by atoms with Gasteiger partial charge in [-0.3, -0.25) is 9.69 Å². The predicted octanol–water partition coefficient (Wildman–Crippen LogP) is 2.67. The van der Waals surface area contributed by atoms with Gasteiger partial charge in [0.25, 0.3) is 5.91 Å². The van der Waals surface area contributed by atoms with Crippen LogP contribution in [-0.2, 0) is 11.3 Å². The molecule has 0 bridgehead atoms. The van der Waals surface area contributed by atoms with E-state index in [1.165, 1.54) is 11.8 Å². The monoisotopic (exact) mass is 300 g/mol. The van der Waals surface area contributed by atoms with Gasteiger partial charge in [0, 0.05) is 25.3 Å². The summed E-state index contributed by atoms with van der Waals surface area (Å²) >= 11 is 0. The average molecular weight is 300 g/mol. The number of furan rings is 1. The molecule has 116 valence electrons. The van der Waals surface area contributed by atoms with Crippen LogP contribution in [0.15, 0.2) is 41.0 Å². The molecule has 0 radical (unpaired) electrons. The molecule has 5 heteroatoms. The van der Waals surface area contributed by atoms with E-state index in [0.29, 0.717) is 11.3 Å². The average Bonchev–Trinajstić information content (AvgIpc) is 2.96. The number of aryl methyl sites for hydroxylation is 1. The van der Waals surface area contributed by atoms with Crippen molar-refractivity contribution in [2.24, 2.45) is 0 Å². The molecule has 1 aromatic carbocycles. The zero-order valence-corrected chi connectivity index (χ0v) is 12.7. The summed E-state index contributed by atoms with van der Waals surface area (Å²) in [6, 6.07) is 9.64. The molecule has 5 nitrogen and oxygen atoms in total. The Bertz CT molecular complexity index is 628. The first-order valence-electron chi connectivity index (χ1n) is 7.47. The molecule has 1 saturated heterocycles. The number of carbonyl (C=O) groups is 1. The molecule has 3 rings (SSSR count). The van der Waals surface area contributed by atoms with Gasteiger partial charge in [0.15, 0.2) is 0 Å². The fraction of sp³-hybridized carbons (Fsp3) is 0.353. The van der Waals surface area contributed by atoms with Crippen LogP contribution in [0.1, 0.15) is 21.7 Å². The number of rotatable bonds is 4. The lowest BCUT2D eigenvalue weighted by Gasteiger charge is -2.26. The van der Waals surface area contributed by atoms with Gasteiger partial charge in [-0.25, -0.2) is 0 Å². The maximum absolute atomic E-state index is 12.1. The van der Waals surface area contributed by atoms with Crippen LogP contribution in [0, 0.1) is 6.92 Å². The van der Waals surface area contributed by atoms with E-state index >= 15 is 0 Å². The lowest BCUT2D eigenvalue weighted by atomic mass is 10.1. The molecule has 1 N–H and O–H groups in total. The molecule has 22 heavy (non-hydrogen) atoms. The fourth-order valence-corrected chi connectivity index (χ4v) is 2.53. The molecule has 2 heterocycles. The second-order valence-electron chi connectivity index (χ2n) is 5.43. The van der Waals surface area contributed by atoms with E-state index in [2.05, 4.69) is 10.2 Å². The first-order valence-corrected chi connectivity index (χ1v) is 7.47. The van der Waals surface area contributed by atoms with Crippen molar-refractivity contribution < 1.29 is 13.9 Å². The summed E-state index contributed by atoms with van der Waals surface area (Å²) in [5.41, 5.74) is 2.59. The van der Waals surface area contributed by atoms with E-state index < -0.39 is 0 Å². The Morgan fingerprint density at radius 3 is 2.55 bits per heavy atom. The molecule has 0 atom stereocenters. The van der Waals surface area contributed by atoms with E-state index in [0.717, 1.165) is 38.5 Å².